The molecule has 6 heteroatoms. The summed E-state index contributed by atoms with van der Waals surface area (Å²) < 4.78 is 11.6. The number of quaternary nitrogens is 1. The number of amides is 1. The van der Waals surface area contributed by atoms with Gasteiger partial charge in [-0.3, -0.25) is 4.79 Å². The van der Waals surface area contributed by atoms with Crippen molar-refractivity contribution in [3.05, 3.63) is 53.6 Å². The van der Waals surface area contributed by atoms with Gasteiger partial charge in [0.2, 0.25) is 0 Å². The molecule has 1 fully saturated rings. The third-order valence-electron chi connectivity index (χ3n) is 5.99. The molecule has 0 radical (unpaired) electrons. The minimum atomic E-state index is 0.0999. The number of hydrogen-bond donors (Lipinski definition) is 2. The Bertz CT molecular complexity index is 866. The van der Waals surface area contributed by atoms with Gasteiger partial charge in [-0.1, -0.05) is 12.1 Å². The van der Waals surface area contributed by atoms with Gasteiger partial charge in [-0.05, 0) is 35.9 Å². The maximum atomic E-state index is 12.6. The Kier molecular flexibility index (Phi) is 6.43. The van der Waals surface area contributed by atoms with E-state index in [1.54, 1.807) is 0 Å². The predicted octanol–water partition coefficient (Wildman–Crippen LogP) is 1.95. The Balaban J connectivity index is 1.34. The molecule has 1 amide bonds. The second-order valence-corrected chi connectivity index (χ2v) is 8.37. The minimum Gasteiger partial charge on any atom is -0.490 e. The topological polar surface area (TPSA) is 55.2 Å². The third-order valence-corrected chi connectivity index (χ3v) is 5.99. The maximum absolute atomic E-state index is 12.6. The quantitative estimate of drug-likeness (QED) is 0.764. The molecule has 0 aromatic heterocycles. The third kappa shape index (κ3) is 4.87. The van der Waals surface area contributed by atoms with Crippen LogP contribution in [0.15, 0.2) is 42.5 Å². The van der Waals surface area contributed by atoms with Crippen LogP contribution in [0.2, 0.25) is 0 Å². The van der Waals surface area contributed by atoms with Gasteiger partial charge in [0.05, 0.1) is 19.8 Å². The number of ether oxygens (including phenoxy) is 2. The van der Waals surface area contributed by atoms with E-state index < -0.39 is 0 Å². The van der Waals surface area contributed by atoms with Gasteiger partial charge in [-0.15, -0.1) is 0 Å². The molecule has 2 heterocycles. The largest absolute Gasteiger partial charge is 0.490 e. The van der Waals surface area contributed by atoms with Crippen LogP contribution in [0.1, 0.15) is 36.4 Å². The van der Waals surface area contributed by atoms with Crippen molar-refractivity contribution in [2.75, 3.05) is 45.3 Å². The zero-order valence-electron chi connectivity index (χ0n) is 17.9. The number of nitrogens with one attached hydrogen (secondary N) is 2. The van der Waals surface area contributed by atoms with Crippen molar-refractivity contribution in [1.29, 1.82) is 0 Å². The van der Waals surface area contributed by atoms with E-state index in [1.165, 1.54) is 10.5 Å². The first kappa shape index (κ1) is 20.5. The fraction of sp³-hybridized carbons (Fsp3) is 0.458. The zero-order chi connectivity index (χ0) is 20.9. The second kappa shape index (κ2) is 9.39. The lowest BCUT2D eigenvalue weighted by atomic mass is 10.0. The summed E-state index contributed by atoms with van der Waals surface area (Å²) in [6, 6.07) is 14.9. The summed E-state index contributed by atoms with van der Waals surface area (Å²) in [7, 11) is 4.05. The monoisotopic (exact) mass is 410 g/mol. The lowest BCUT2D eigenvalue weighted by Gasteiger charge is -2.22. The first-order valence-electron chi connectivity index (χ1n) is 10.9. The van der Waals surface area contributed by atoms with Crippen LogP contribution in [0.3, 0.4) is 0 Å². The van der Waals surface area contributed by atoms with E-state index in [4.69, 9.17) is 9.47 Å². The lowest BCUT2D eigenvalue weighted by Crippen LogP contribution is -3.11. The molecule has 2 aromatic carbocycles. The summed E-state index contributed by atoms with van der Waals surface area (Å²) in [6.07, 6.45) is 3.13. The Hall–Kier alpha value is -2.73. The molecule has 2 aliphatic rings. The fourth-order valence-corrected chi connectivity index (χ4v) is 4.30. The standard InChI is InChI=1S/C24H31N3O3/c1-26(2)20-9-6-18(7-10-20)16-25-24(28)17-27-12-3-5-21(27)19-8-11-22-23(15-19)30-14-4-13-29-22/h6-11,15,21H,3-5,12-14,16-17H2,1-2H3,(H,25,28)/p+1/t21-/m1/s1. The van der Waals surface area contributed by atoms with Gasteiger partial charge in [0.25, 0.3) is 5.91 Å². The van der Waals surface area contributed by atoms with Crippen LogP contribution in [-0.2, 0) is 11.3 Å². The maximum Gasteiger partial charge on any atom is 0.275 e. The van der Waals surface area contributed by atoms with Gasteiger partial charge in [0, 0.05) is 51.2 Å². The molecule has 2 aromatic rings. The molecular weight excluding hydrogens is 378 g/mol. The highest BCUT2D eigenvalue weighted by Crippen LogP contribution is 2.33. The molecule has 0 spiro atoms. The highest BCUT2D eigenvalue weighted by atomic mass is 16.5. The van der Waals surface area contributed by atoms with Crippen LogP contribution in [0.25, 0.3) is 0 Å². The van der Waals surface area contributed by atoms with Crippen molar-refractivity contribution in [3.63, 3.8) is 0 Å². The first-order valence-corrected chi connectivity index (χ1v) is 10.9. The van der Waals surface area contributed by atoms with Crippen molar-refractivity contribution < 1.29 is 19.2 Å². The van der Waals surface area contributed by atoms with Crippen LogP contribution >= 0.6 is 0 Å². The number of nitrogens with zero attached hydrogens (tertiary/aromatic N) is 1. The van der Waals surface area contributed by atoms with Gasteiger partial charge in [-0.2, -0.15) is 0 Å². The van der Waals surface area contributed by atoms with Crippen molar-refractivity contribution in [1.82, 2.24) is 5.32 Å². The minimum absolute atomic E-state index is 0.0999. The van der Waals surface area contributed by atoms with Gasteiger partial charge < -0.3 is 24.6 Å². The van der Waals surface area contributed by atoms with Gasteiger partial charge in [-0.25, -0.2) is 0 Å². The SMILES string of the molecule is CN(C)c1ccc(CNC(=O)C[NH+]2CCC[C@@H]2c2ccc3c(c2)OCCCO3)cc1. The number of fused-ring (bicyclic) bond motifs is 1. The van der Waals surface area contributed by atoms with Crippen molar-refractivity contribution >= 4 is 11.6 Å². The van der Waals surface area contributed by atoms with E-state index in [1.807, 2.05) is 20.2 Å². The number of likely N-dealkylation sites (tertiary alicyclic amines) is 1. The van der Waals surface area contributed by atoms with Gasteiger partial charge >= 0.3 is 0 Å². The average Bonchev–Trinajstić information content (AvgIpc) is 3.07. The smallest absolute Gasteiger partial charge is 0.275 e. The molecule has 0 bridgehead atoms. The van der Waals surface area contributed by atoms with Gasteiger partial charge in [0.15, 0.2) is 18.0 Å². The first-order chi connectivity index (χ1) is 14.6. The number of hydrogen-bond acceptors (Lipinski definition) is 4. The lowest BCUT2D eigenvalue weighted by molar-refractivity contribution is -0.910. The summed E-state index contributed by atoms with van der Waals surface area (Å²) in [5.74, 6) is 1.76. The molecular formula is C24H32N3O3+. The highest BCUT2D eigenvalue weighted by Gasteiger charge is 2.32. The highest BCUT2D eigenvalue weighted by molar-refractivity contribution is 5.76. The van der Waals surface area contributed by atoms with E-state index in [0.717, 1.165) is 48.6 Å². The molecule has 2 atom stereocenters. The Labute approximate surface area is 178 Å². The van der Waals surface area contributed by atoms with Crippen LogP contribution < -0.4 is 24.6 Å². The normalized spacial score (nSPS) is 20.5. The zero-order valence-corrected chi connectivity index (χ0v) is 17.9. The van der Waals surface area contributed by atoms with Crippen LogP contribution in [0, 0.1) is 0 Å². The summed E-state index contributed by atoms with van der Waals surface area (Å²) in [4.78, 5) is 16.0. The molecule has 0 saturated carbocycles. The summed E-state index contributed by atoms with van der Waals surface area (Å²) in [5, 5.41) is 3.09. The summed E-state index contributed by atoms with van der Waals surface area (Å²) in [6.45, 7) is 3.47. The van der Waals surface area contributed by atoms with Crippen LogP contribution in [-0.4, -0.2) is 46.3 Å². The Morgan fingerprint density at radius 1 is 1.07 bits per heavy atom. The summed E-state index contributed by atoms with van der Waals surface area (Å²) in [5.41, 5.74) is 3.51. The molecule has 0 aliphatic carbocycles. The van der Waals surface area contributed by atoms with Crippen molar-refractivity contribution in [3.8, 4) is 11.5 Å². The molecule has 6 nitrogen and oxygen atoms in total. The fourth-order valence-electron chi connectivity index (χ4n) is 4.30. The Morgan fingerprint density at radius 2 is 1.83 bits per heavy atom. The molecule has 1 saturated heterocycles. The average molecular weight is 411 g/mol. The second-order valence-electron chi connectivity index (χ2n) is 8.37. The van der Waals surface area contributed by atoms with E-state index in [9.17, 15) is 4.79 Å². The predicted molar refractivity (Wildman–Crippen MR) is 117 cm³/mol. The number of carbonyl (C=O) groups excluding carboxylic acids is 1. The molecule has 1 unspecified atom stereocenters. The summed E-state index contributed by atoms with van der Waals surface area (Å²) >= 11 is 0. The number of anilines is 1. The van der Waals surface area contributed by atoms with Crippen LogP contribution in [0.5, 0.6) is 11.5 Å². The van der Waals surface area contributed by atoms with Crippen molar-refractivity contribution in [2.24, 2.45) is 0 Å². The number of rotatable bonds is 6. The molecule has 160 valence electrons. The van der Waals surface area contributed by atoms with Crippen LogP contribution in [0.4, 0.5) is 5.69 Å². The molecule has 2 N–H and O–H groups in total. The molecule has 4 rings (SSSR count). The van der Waals surface area contributed by atoms with Crippen molar-refractivity contribution in [2.45, 2.75) is 31.8 Å². The Morgan fingerprint density at radius 3 is 2.60 bits per heavy atom. The van der Waals surface area contributed by atoms with Gasteiger partial charge in [0.1, 0.15) is 6.04 Å². The van der Waals surface area contributed by atoms with E-state index >= 15 is 0 Å². The van der Waals surface area contributed by atoms with E-state index in [0.29, 0.717) is 32.3 Å². The molecule has 30 heavy (non-hydrogen) atoms. The molecule has 2 aliphatic heterocycles. The van der Waals surface area contributed by atoms with E-state index in [2.05, 4.69) is 46.6 Å². The van der Waals surface area contributed by atoms with E-state index in [-0.39, 0.29) is 5.91 Å². The number of benzene rings is 2. The number of carbonyl (C=O) groups is 1.